The number of rotatable bonds is 4. The van der Waals surface area contributed by atoms with E-state index in [0.717, 1.165) is 5.56 Å². The number of carbonyl (C=O) groups is 2. The van der Waals surface area contributed by atoms with E-state index in [0.29, 0.717) is 6.42 Å². The van der Waals surface area contributed by atoms with E-state index in [2.05, 4.69) is 5.73 Å². The van der Waals surface area contributed by atoms with E-state index in [1.165, 1.54) is 0 Å². The molecule has 0 spiro atoms. The molecule has 0 aromatic heterocycles. The van der Waals surface area contributed by atoms with Crippen LogP contribution in [-0.2, 0) is 16.0 Å². The maximum Gasteiger partial charge on any atom is 0.320 e. The van der Waals surface area contributed by atoms with Crippen LogP contribution in [0.2, 0.25) is 0 Å². The zero-order valence-corrected chi connectivity index (χ0v) is 10.5. The molecule has 0 aliphatic carbocycles. The first kappa shape index (κ1) is 18.7. The maximum absolute atomic E-state index is 10.4. The summed E-state index contributed by atoms with van der Waals surface area (Å²) < 4.78 is 0. The van der Waals surface area contributed by atoms with Crippen molar-refractivity contribution >= 4 is 24.3 Å². The molecule has 102 valence electrons. The van der Waals surface area contributed by atoms with Crippen molar-refractivity contribution in [2.75, 3.05) is 6.54 Å². The zero-order chi connectivity index (χ0) is 13.3. The van der Waals surface area contributed by atoms with Crippen LogP contribution in [0, 0.1) is 0 Å². The molecule has 1 atom stereocenters. The summed E-state index contributed by atoms with van der Waals surface area (Å²) in [5.41, 5.74) is 10.9. The lowest BCUT2D eigenvalue weighted by molar-refractivity contribution is -0.138. The molecule has 7 heteroatoms. The highest BCUT2D eigenvalue weighted by atomic mass is 35.5. The minimum atomic E-state index is -0.968. The molecule has 0 aliphatic heterocycles. The summed E-state index contributed by atoms with van der Waals surface area (Å²) in [6.07, 6.45) is 0.385. The Morgan fingerprint density at radius 1 is 1.17 bits per heavy atom. The Hall–Kier alpha value is -1.63. The van der Waals surface area contributed by atoms with Crippen LogP contribution in [0.3, 0.4) is 0 Å². The van der Waals surface area contributed by atoms with Crippen LogP contribution < -0.4 is 11.5 Å². The molecule has 0 saturated carbocycles. The van der Waals surface area contributed by atoms with Gasteiger partial charge in [0.15, 0.2) is 0 Å². The van der Waals surface area contributed by atoms with Gasteiger partial charge in [0, 0.05) is 0 Å². The van der Waals surface area contributed by atoms with E-state index in [4.69, 9.17) is 15.9 Å². The van der Waals surface area contributed by atoms with E-state index in [1.807, 2.05) is 30.3 Å². The number of hydrogen-bond donors (Lipinski definition) is 4. The van der Waals surface area contributed by atoms with Crippen molar-refractivity contribution in [3.8, 4) is 0 Å². The molecule has 0 saturated heterocycles. The molecule has 18 heavy (non-hydrogen) atoms. The molecule has 1 aromatic rings. The predicted octanol–water partition coefficient (Wildman–Crippen LogP) is 0.0925. The van der Waals surface area contributed by atoms with E-state index >= 15 is 0 Å². The van der Waals surface area contributed by atoms with Gasteiger partial charge in [0.1, 0.15) is 6.04 Å². The summed E-state index contributed by atoms with van der Waals surface area (Å²) in [6, 6.07) is 8.54. The average Bonchev–Trinajstić information content (AvgIpc) is 2.31. The molecule has 0 bridgehead atoms. The summed E-state index contributed by atoms with van der Waals surface area (Å²) in [7, 11) is 0. The van der Waals surface area contributed by atoms with Crippen LogP contribution in [0.25, 0.3) is 0 Å². The second kappa shape index (κ2) is 10.5. The summed E-state index contributed by atoms with van der Waals surface area (Å²) in [4.78, 5) is 19.6. The molecule has 0 fully saturated rings. The van der Waals surface area contributed by atoms with Crippen molar-refractivity contribution in [3.05, 3.63) is 35.9 Å². The van der Waals surface area contributed by atoms with Crippen molar-refractivity contribution in [1.82, 2.24) is 0 Å². The van der Waals surface area contributed by atoms with Crippen LogP contribution in [0.4, 0.5) is 0 Å². The molecule has 0 radical (unpaired) electrons. The quantitative estimate of drug-likeness (QED) is 0.617. The number of carboxylic acid groups (broad SMARTS) is 2. The number of aliphatic carboxylic acids is 2. The molecule has 1 unspecified atom stereocenters. The molecular formula is C11H17ClN2O4. The minimum absolute atomic E-state index is 0. The molecule has 6 N–H and O–H groups in total. The summed E-state index contributed by atoms with van der Waals surface area (Å²) in [6.45, 7) is -0.278. The fourth-order valence-electron chi connectivity index (χ4n) is 0.955. The first-order chi connectivity index (χ1) is 7.97. The van der Waals surface area contributed by atoms with Gasteiger partial charge in [-0.2, -0.15) is 0 Å². The van der Waals surface area contributed by atoms with Crippen LogP contribution in [0.1, 0.15) is 5.56 Å². The molecular weight excluding hydrogens is 260 g/mol. The van der Waals surface area contributed by atoms with Gasteiger partial charge >= 0.3 is 11.9 Å². The first-order valence-electron chi connectivity index (χ1n) is 4.91. The predicted molar refractivity (Wildman–Crippen MR) is 69.7 cm³/mol. The van der Waals surface area contributed by atoms with Gasteiger partial charge in [0.25, 0.3) is 0 Å². The Labute approximate surface area is 111 Å². The molecule has 1 aromatic carbocycles. The van der Waals surface area contributed by atoms with Crippen molar-refractivity contribution in [3.63, 3.8) is 0 Å². The minimum Gasteiger partial charge on any atom is -0.480 e. The van der Waals surface area contributed by atoms with E-state index in [-0.39, 0.29) is 19.0 Å². The topological polar surface area (TPSA) is 127 Å². The van der Waals surface area contributed by atoms with E-state index in [1.54, 1.807) is 0 Å². The highest BCUT2D eigenvalue weighted by Crippen LogP contribution is 2.01. The van der Waals surface area contributed by atoms with Crippen molar-refractivity contribution < 1.29 is 19.8 Å². The summed E-state index contributed by atoms with van der Waals surface area (Å²) >= 11 is 0. The van der Waals surface area contributed by atoms with Crippen molar-refractivity contribution in [2.24, 2.45) is 11.5 Å². The van der Waals surface area contributed by atoms with Crippen LogP contribution in [0.15, 0.2) is 30.3 Å². The lowest BCUT2D eigenvalue weighted by Gasteiger charge is -2.04. The smallest absolute Gasteiger partial charge is 0.320 e. The average molecular weight is 277 g/mol. The number of hydrogen-bond acceptors (Lipinski definition) is 4. The fourth-order valence-corrected chi connectivity index (χ4v) is 0.955. The van der Waals surface area contributed by atoms with E-state index < -0.39 is 18.0 Å². The normalized spacial score (nSPS) is 10.3. The molecule has 6 nitrogen and oxygen atoms in total. The van der Waals surface area contributed by atoms with Crippen LogP contribution in [-0.4, -0.2) is 34.7 Å². The first-order valence-corrected chi connectivity index (χ1v) is 4.91. The zero-order valence-electron chi connectivity index (χ0n) is 9.65. The van der Waals surface area contributed by atoms with Crippen LogP contribution in [0.5, 0.6) is 0 Å². The lowest BCUT2D eigenvalue weighted by atomic mass is 10.1. The Morgan fingerprint density at radius 2 is 1.61 bits per heavy atom. The second-order valence-electron chi connectivity index (χ2n) is 3.23. The van der Waals surface area contributed by atoms with Gasteiger partial charge < -0.3 is 21.7 Å². The Bertz CT molecular complexity index is 359. The fraction of sp³-hybridized carbons (Fsp3) is 0.273. The number of benzene rings is 1. The van der Waals surface area contributed by atoms with Gasteiger partial charge in [0.2, 0.25) is 0 Å². The van der Waals surface area contributed by atoms with Gasteiger partial charge in [-0.1, -0.05) is 30.3 Å². The standard InChI is InChI=1S/C9H11NO2.C2H5NO2.ClH/c10-8(9(11)12)6-7-4-2-1-3-5-7;3-1-2(4)5;/h1-5,8H,6,10H2,(H,11,12);1,3H2,(H,4,5);1H. The largest absolute Gasteiger partial charge is 0.480 e. The summed E-state index contributed by atoms with van der Waals surface area (Å²) in [5, 5.41) is 16.1. The maximum atomic E-state index is 10.4. The molecule has 0 heterocycles. The molecule has 0 amide bonds. The number of carboxylic acids is 2. The Balaban J connectivity index is 0. The number of halogens is 1. The number of nitrogens with two attached hydrogens (primary N) is 2. The Morgan fingerprint density at radius 3 is 1.94 bits per heavy atom. The van der Waals surface area contributed by atoms with Gasteiger partial charge in [-0.3, -0.25) is 9.59 Å². The second-order valence-corrected chi connectivity index (χ2v) is 3.23. The molecule has 0 aliphatic rings. The Kier molecular flexibility index (Phi) is 10.9. The SMILES string of the molecule is Cl.NC(Cc1ccccc1)C(=O)O.NCC(=O)O. The van der Waals surface area contributed by atoms with Gasteiger partial charge in [-0.25, -0.2) is 0 Å². The lowest BCUT2D eigenvalue weighted by Crippen LogP contribution is -2.32. The summed E-state index contributed by atoms with van der Waals surface area (Å²) in [5.74, 6) is -1.93. The van der Waals surface area contributed by atoms with Gasteiger partial charge in [-0.15, -0.1) is 12.4 Å². The third-order valence-corrected chi connectivity index (χ3v) is 1.79. The van der Waals surface area contributed by atoms with Gasteiger partial charge in [-0.05, 0) is 12.0 Å². The highest BCUT2D eigenvalue weighted by molar-refractivity contribution is 5.85. The van der Waals surface area contributed by atoms with Crippen LogP contribution >= 0.6 is 12.4 Å². The van der Waals surface area contributed by atoms with Crippen molar-refractivity contribution in [1.29, 1.82) is 0 Å². The van der Waals surface area contributed by atoms with Gasteiger partial charge in [0.05, 0.1) is 6.54 Å². The third-order valence-electron chi connectivity index (χ3n) is 1.79. The molecule has 1 rings (SSSR count). The van der Waals surface area contributed by atoms with Crippen molar-refractivity contribution in [2.45, 2.75) is 12.5 Å². The highest BCUT2D eigenvalue weighted by Gasteiger charge is 2.10. The third kappa shape index (κ3) is 9.59. The monoisotopic (exact) mass is 276 g/mol. The van der Waals surface area contributed by atoms with E-state index in [9.17, 15) is 9.59 Å².